The Labute approximate surface area is 184 Å². The average Bonchev–Trinajstić information content (AvgIpc) is 2.75. The smallest absolute Gasteiger partial charge is 0.261 e. The number of carbonyl (C=O) groups excluding carboxylic acids is 1. The third-order valence-electron chi connectivity index (χ3n) is 4.38. The van der Waals surface area contributed by atoms with Gasteiger partial charge in [-0.1, -0.05) is 40.2 Å². The Balaban J connectivity index is 1.66. The van der Waals surface area contributed by atoms with E-state index in [2.05, 4.69) is 26.0 Å². The van der Waals surface area contributed by atoms with Gasteiger partial charge in [0.1, 0.15) is 5.75 Å². The van der Waals surface area contributed by atoms with Gasteiger partial charge in [-0.15, -0.1) is 0 Å². The lowest BCUT2D eigenvalue weighted by Gasteiger charge is -2.11. The van der Waals surface area contributed by atoms with Crippen LogP contribution in [0, 0.1) is 0 Å². The molecule has 30 heavy (non-hydrogen) atoms. The van der Waals surface area contributed by atoms with Gasteiger partial charge in [0, 0.05) is 22.3 Å². The number of anilines is 1. The Morgan fingerprint density at radius 1 is 1.00 bits per heavy atom. The van der Waals surface area contributed by atoms with Crippen molar-refractivity contribution >= 4 is 37.5 Å². The first-order chi connectivity index (χ1) is 14.4. The number of hydrogen-bond acceptors (Lipinski definition) is 4. The van der Waals surface area contributed by atoms with Gasteiger partial charge in [0.15, 0.2) is 0 Å². The second-order valence-corrected chi connectivity index (χ2v) is 9.06. The summed E-state index contributed by atoms with van der Waals surface area (Å²) < 4.78 is 34.0. The van der Waals surface area contributed by atoms with Crippen LogP contribution in [0.1, 0.15) is 15.9 Å². The Kier molecular flexibility index (Phi) is 7.12. The summed E-state index contributed by atoms with van der Waals surface area (Å²) >= 11 is 3.31. The average molecular weight is 489 g/mol. The third kappa shape index (κ3) is 5.61. The number of sulfonamides is 1. The van der Waals surface area contributed by atoms with Crippen LogP contribution in [0.5, 0.6) is 5.75 Å². The van der Waals surface area contributed by atoms with E-state index in [0.717, 1.165) is 15.8 Å². The molecule has 2 N–H and O–H groups in total. The van der Waals surface area contributed by atoms with Crippen molar-refractivity contribution < 1.29 is 17.9 Å². The van der Waals surface area contributed by atoms with Crippen LogP contribution in [-0.4, -0.2) is 28.0 Å². The summed E-state index contributed by atoms with van der Waals surface area (Å²) in [5.41, 5.74) is 1.69. The van der Waals surface area contributed by atoms with Crippen LogP contribution in [0.25, 0.3) is 0 Å². The number of nitrogens with one attached hydrogen (secondary N) is 2. The highest BCUT2D eigenvalue weighted by molar-refractivity contribution is 9.10. The number of hydrogen-bond donors (Lipinski definition) is 2. The molecule has 0 aliphatic rings. The van der Waals surface area contributed by atoms with Crippen molar-refractivity contribution in [3.8, 4) is 5.75 Å². The normalized spacial score (nSPS) is 11.0. The summed E-state index contributed by atoms with van der Waals surface area (Å²) in [6.07, 6.45) is 0.596. The molecule has 3 aromatic rings. The van der Waals surface area contributed by atoms with Gasteiger partial charge in [0.25, 0.3) is 15.9 Å². The Bertz CT molecular complexity index is 1130. The summed E-state index contributed by atoms with van der Waals surface area (Å²) in [5.74, 6) is 0.421. The molecule has 0 unspecified atom stereocenters. The fraction of sp³-hybridized carbons (Fsp3) is 0.136. The first-order valence-corrected chi connectivity index (χ1v) is 11.5. The first-order valence-electron chi connectivity index (χ1n) is 9.17. The van der Waals surface area contributed by atoms with Crippen molar-refractivity contribution in [2.75, 3.05) is 18.4 Å². The Hall–Kier alpha value is -2.84. The zero-order chi connectivity index (χ0) is 21.6. The van der Waals surface area contributed by atoms with Crippen LogP contribution in [0.15, 0.2) is 82.2 Å². The van der Waals surface area contributed by atoms with Gasteiger partial charge in [-0.2, -0.15) is 0 Å². The molecule has 0 aliphatic carbocycles. The van der Waals surface area contributed by atoms with Crippen molar-refractivity contribution in [2.45, 2.75) is 11.3 Å². The van der Waals surface area contributed by atoms with Crippen LogP contribution in [-0.2, 0) is 16.4 Å². The van der Waals surface area contributed by atoms with E-state index in [-0.39, 0.29) is 16.4 Å². The summed E-state index contributed by atoms with van der Waals surface area (Å²) in [6, 6.07) is 20.3. The van der Waals surface area contributed by atoms with Crippen LogP contribution in [0.4, 0.5) is 5.69 Å². The summed E-state index contributed by atoms with van der Waals surface area (Å²) in [4.78, 5) is 12.5. The molecular weight excluding hydrogens is 468 g/mol. The molecule has 0 spiro atoms. The minimum atomic E-state index is -3.82. The molecule has 156 valence electrons. The number of halogens is 1. The first kappa shape index (κ1) is 21.9. The second-order valence-electron chi connectivity index (χ2n) is 6.46. The van der Waals surface area contributed by atoms with E-state index >= 15 is 0 Å². The third-order valence-corrected chi connectivity index (χ3v) is 6.28. The van der Waals surface area contributed by atoms with Gasteiger partial charge >= 0.3 is 0 Å². The highest BCUT2D eigenvalue weighted by Gasteiger charge is 2.16. The van der Waals surface area contributed by atoms with Crippen LogP contribution >= 0.6 is 15.9 Å². The summed E-state index contributed by atoms with van der Waals surface area (Å²) in [6.45, 7) is 0.396. The van der Waals surface area contributed by atoms with Crippen molar-refractivity contribution in [1.82, 2.24) is 5.32 Å². The van der Waals surface area contributed by atoms with Crippen LogP contribution in [0.2, 0.25) is 0 Å². The summed E-state index contributed by atoms with van der Waals surface area (Å²) in [7, 11) is -2.21. The van der Waals surface area contributed by atoms with Crippen molar-refractivity contribution in [3.63, 3.8) is 0 Å². The number of para-hydroxylation sites is 1. The number of amides is 1. The molecule has 0 bridgehead atoms. The van der Waals surface area contributed by atoms with E-state index in [1.54, 1.807) is 43.5 Å². The van der Waals surface area contributed by atoms with E-state index in [4.69, 9.17) is 4.74 Å². The largest absolute Gasteiger partial charge is 0.496 e. The Morgan fingerprint density at radius 2 is 1.73 bits per heavy atom. The van der Waals surface area contributed by atoms with Gasteiger partial charge in [-0.25, -0.2) is 8.42 Å². The zero-order valence-electron chi connectivity index (χ0n) is 16.3. The van der Waals surface area contributed by atoms with Gasteiger partial charge in [0.2, 0.25) is 0 Å². The number of carbonyl (C=O) groups is 1. The molecule has 8 heteroatoms. The number of benzene rings is 3. The minimum Gasteiger partial charge on any atom is -0.496 e. The molecule has 6 nitrogen and oxygen atoms in total. The molecule has 1 amide bonds. The van der Waals surface area contributed by atoms with Crippen LogP contribution in [0.3, 0.4) is 0 Å². The number of methoxy groups -OCH3 is 1. The quantitative estimate of drug-likeness (QED) is 0.496. The maximum absolute atomic E-state index is 12.7. The molecule has 0 fully saturated rings. The van der Waals surface area contributed by atoms with Crippen LogP contribution < -0.4 is 14.8 Å². The molecule has 3 rings (SSSR count). The molecule has 0 heterocycles. The molecular formula is C22H21BrN2O4S. The molecule has 0 atom stereocenters. The molecule has 0 radical (unpaired) electrons. The standard InChI is InChI=1S/C22H21BrN2O4S/c1-29-21-8-3-2-5-16(21)13-14-24-22(26)17-6-4-7-20(15-17)30(27,28)25-19-11-9-18(23)10-12-19/h2-12,15,25H,13-14H2,1H3,(H,24,26). The predicted octanol–water partition coefficient (Wildman–Crippen LogP) is 4.23. The van der Waals surface area contributed by atoms with E-state index < -0.39 is 10.0 Å². The van der Waals surface area contributed by atoms with Crippen molar-refractivity contribution in [2.24, 2.45) is 0 Å². The maximum atomic E-state index is 12.7. The van der Waals surface area contributed by atoms with Gasteiger partial charge in [-0.05, 0) is 60.5 Å². The molecule has 0 aliphatic heterocycles. The predicted molar refractivity (Wildman–Crippen MR) is 120 cm³/mol. The van der Waals surface area contributed by atoms with Gasteiger partial charge in [-0.3, -0.25) is 9.52 Å². The van der Waals surface area contributed by atoms with Gasteiger partial charge in [0.05, 0.1) is 12.0 Å². The highest BCUT2D eigenvalue weighted by atomic mass is 79.9. The van der Waals surface area contributed by atoms with E-state index in [1.807, 2.05) is 24.3 Å². The van der Waals surface area contributed by atoms with Crippen molar-refractivity contribution in [3.05, 3.63) is 88.4 Å². The van der Waals surface area contributed by atoms with E-state index in [9.17, 15) is 13.2 Å². The highest BCUT2D eigenvalue weighted by Crippen LogP contribution is 2.20. The molecule has 0 aromatic heterocycles. The lowest BCUT2D eigenvalue weighted by molar-refractivity contribution is 0.0954. The SMILES string of the molecule is COc1ccccc1CCNC(=O)c1cccc(S(=O)(=O)Nc2ccc(Br)cc2)c1. The van der Waals surface area contributed by atoms with Gasteiger partial charge < -0.3 is 10.1 Å². The Morgan fingerprint density at radius 3 is 2.47 bits per heavy atom. The minimum absolute atomic E-state index is 0.0165. The monoisotopic (exact) mass is 488 g/mol. The number of rotatable bonds is 8. The van der Waals surface area contributed by atoms with E-state index in [0.29, 0.717) is 18.7 Å². The molecule has 3 aromatic carbocycles. The van der Waals surface area contributed by atoms with E-state index in [1.165, 1.54) is 12.1 Å². The lowest BCUT2D eigenvalue weighted by Crippen LogP contribution is -2.26. The summed E-state index contributed by atoms with van der Waals surface area (Å²) in [5, 5.41) is 2.82. The maximum Gasteiger partial charge on any atom is 0.261 e. The zero-order valence-corrected chi connectivity index (χ0v) is 18.7. The topological polar surface area (TPSA) is 84.5 Å². The number of ether oxygens (including phenoxy) is 1. The fourth-order valence-corrected chi connectivity index (χ4v) is 4.23. The lowest BCUT2D eigenvalue weighted by atomic mass is 10.1. The molecule has 0 saturated carbocycles. The second kappa shape index (κ2) is 9.77. The molecule has 0 saturated heterocycles. The van der Waals surface area contributed by atoms with Crippen molar-refractivity contribution in [1.29, 1.82) is 0 Å². The fourth-order valence-electron chi connectivity index (χ4n) is 2.86.